The molecule has 0 aromatic carbocycles. The number of rotatable bonds is 5. The number of hydrogen-bond donors (Lipinski definition) is 2. The van der Waals surface area contributed by atoms with Crippen molar-refractivity contribution in [1.29, 1.82) is 0 Å². The predicted octanol–water partition coefficient (Wildman–Crippen LogP) is 1.52. The summed E-state index contributed by atoms with van der Waals surface area (Å²) in [6, 6.07) is 0. The summed E-state index contributed by atoms with van der Waals surface area (Å²) in [7, 11) is 3.85. The van der Waals surface area contributed by atoms with Gasteiger partial charge in [0, 0.05) is 18.5 Å². The van der Waals surface area contributed by atoms with Gasteiger partial charge in [-0.2, -0.15) is 0 Å². The largest absolute Gasteiger partial charge is 0.387 e. The van der Waals surface area contributed by atoms with Crippen molar-refractivity contribution in [2.75, 3.05) is 32.5 Å². The minimum Gasteiger partial charge on any atom is -0.387 e. The lowest BCUT2D eigenvalue weighted by molar-refractivity contribution is 0.0460. The topological polar surface area (TPSA) is 48.4 Å². The molecule has 15 heavy (non-hydrogen) atoms. The van der Waals surface area contributed by atoms with Crippen molar-refractivity contribution in [2.24, 2.45) is 0 Å². The maximum atomic E-state index is 9.99. The van der Waals surface area contributed by atoms with E-state index in [0.717, 1.165) is 5.13 Å². The van der Waals surface area contributed by atoms with E-state index in [1.165, 1.54) is 11.3 Å². The van der Waals surface area contributed by atoms with Crippen molar-refractivity contribution >= 4 is 28.1 Å². The molecule has 1 atom stereocenters. The monoisotopic (exact) mass is 249 g/mol. The zero-order valence-corrected chi connectivity index (χ0v) is 10.7. The second kappa shape index (κ2) is 5.12. The Morgan fingerprint density at radius 1 is 1.67 bits per heavy atom. The Morgan fingerprint density at radius 3 is 2.80 bits per heavy atom. The summed E-state index contributed by atoms with van der Waals surface area (Å²) in [5, 5.41) is 16.0. The SMILES string of the molecule is CN(C)CC(C)(O)CNc1nc(Cl)cs1. The van der Waals surface area contributed by atoms with E-state index in [4.69, 9.17) is 11.6 Å². The minimum atomic E-state index is -0.776. The van der Waals surface area contributed by atoms with E-state index in [2.05, 4.69) is 10.3 Å². The number of nitrogens with one attached hydrogen (secondary N) is 1. The summed E-state index contributed by atoms with van der Waals surface area (Å²) in [6.45, 7) is 2.84. The molecule has 0 amide bonds. The molecule has 1 aromatic heterocycles. The molecule has 86 valence electrons. The highest BCUT2D eigenvalue weighted by atomic mass is 35.5. The molecule has 0 saturated heterocycles. The summed E-state index contributed by atoms with van der Waals surface area (Å²) in [5.74, 6) is 0. The molecule has 0 spiro atoms. The van der Waals surface area contributed by atoms with Gasteiger partial charge in [-0.05, 0) is 21.0 Å². The smallest absolute Gasteiger partial charge is 0.184 e. The number of aliphatic hydroxyl groups is 1. The Balaban J connectivity index is 2.42. The third kappa shape index (κ3) is 4.79. The van der Waals surface area contributed by atoms with Gasteiger partial charge in [0.15, 0.2) is 5.13 Å². The van der Waals surface area contributed by atoms with E-state index < -0.39 is 5.60 Å². The fourth-order valence-electron chi connectivity index (χ4n) is 1.34. The van der Waals surface area contributed by atoms with Crippen LogP contribution in [0.1, 0.15) is 6.92 Å². The average molecular weight is 250 g/mol. The molecule has 6 heteroatoms. The maximum absolute atomic E-state index is 9.99. The third-order valence-electron chi connectivity index (χ3n) is 1.75. The standard InChI is InChI=1S/C9H16ClN3OS/c1-9(14,6-13(2)3)5-11-8-12-7(10)4-15-8/h4,14H,5-6H2,1-3H3,(H,11,12). The van der Waals surface area contributed by atoms with Gasteiger partial charge in [-0.25, -0.2) is 4.98 Å². The molecule has 1 rings (SSSR count). The van der Waals surface area contributed by atoms with Crippen LogP contribution in [0.5, 0.6) is 0 Å². The lowest BCUT2D eigenvalue weighted by Crippen LogP contribution is -2.43. The normalized spacial score (nSPS) is 15.3. The van der Waals surface area contributed by atoms with Crippen LogP contribution >= 0.6 is 22.9 Å². The molecular weight excluding hydrogens is 234 g/mol. The molecule has 0 saturated carbocycles. The Bertz CT molecular complexity index is 314. The molecule has 1 aromatic rings. The fraction of sp³-hybridized carbons (Fsp3) is 0.667. The minimum absolute atomic E-state index is 0.453. The Hall–Kier alpha value is -0.360. The zero-order chi connectivity index (χ0) is 11.5. The molecule has 0 fully saturated rings. The van der Waals surface area contributed by atoms with Crippen molar-refractivity contribution in [3.05, 3.63) is 10.5 Å². The van der Waals surface area contributed by atoms with Gasteiger partial charge in [-0.3, -0.25) is 0 Å². The number of nitrogens with zero attached hydrogens (tertiary/aromatic N) is 2. The lowest BCUT2D eigenvalue weighted by Gasteiger charge is -2.26. The summed E-state index contributed by atoms with van der Waals surface area (Å²) >= 11 is 7.11. The van der Waals surface area contributed by atoms with E-state index in [0.29, 0.717) is 18.2 Å². The quantitative estimate of drug-likeness (QED) is 0.831. The van der Waals surface area contributed by atoms with Gasteiger partial charge in [0.05, 0.1) is 5.60 Å². The Kier molecular flexibility index (Phi) is 4.33. The second-order valence-corrected chi connectivity index (χ2v) is 5.31. The molecule has 2 N–H and O–H groups in total. The van der Waals surface area contributed by atoms with Crippen LogP contribution in [0, 0.1) is 0 Å². The third-order valence-corrected chi connectivity index (χ3v) is 2.88. The first kappa shape index (κ1) is 12.7. The average Bonchev–Trinajstić information content (AvgIpc) is 2.46. The van der Waals surface area contributed by atoms with E-state index in [-0.39, 0.29) is 0 Å². The van der Waals surface area contributed by atoms with Crippen LogP contribution in [-0.2, 0) is 0 Å². The van der Waals surface area contributed by atoms with Crippen LogP contribution in [0.25, 0.3) is 0 Å². The first-order valence-electron chi connectivity index (χ1n) is 4.61. The van der Waals surface area contributed by atoms with Crippen molar-refractivity contribution in [2.45, 2.75) is 12.5 Å². The number of thiazole rings is 1. The summed E-state index contributed by atoms with van der Waals surface area (Å²) < 4.78 is 0. The van der Waals surface area contributed by atoms with Crippen LogP contribution in [0.3, 0.4) is 0 Å². The van der Waals surface area contributed by atoms with E-state index in [1.807, 2.05) is 19.0 Å². The lowest BCUT2D eigenvalue weighted by atomic mass is 10.1. The van der Waals surface area contributed by atoms with E-state index >= 15 is 0 Å². The van der Waals surface area contributed by atoms with Crippen LogP contribution in [0.15, 0.2) is 5.38 Å². The fourth-order valence-corrected chi connectivity index (χ4v) is 2.17. The van der Waals surface area contributed by atoms with Gasteiger partial charge >= 0.3 is 0 Å². The molecule has 1 heterocycles. The van der Waals surface area contributed by atoms with Crippen LogP contribution in [-0.4, -0.2) is 47.8 Å². The van der Waals surface area contributed by atoms with E-state index in [1.54, 1.807) is 12.3 Å². The van der Waals surface area contributed by atoms with Gasteiger partial charge in [0.2, 0.25) is 0 Å². The number of anilines is 1. The van der Waals surface area contributed by atoms with E-state index in [9.17, 15) is 5.11 Å². The molecular formula is C9H16ClN3OS. The first-order chi connectivity index (χ1) is 6.89. The highest BCUT2D eigenvalue weighted by molar-refractivity contribution is 7.14. The van der Waals surface area contributed by atoms with Gasteiger partial charge in [-0.1, -0.05) is 11.6 Å². The number of hydrogen-bond acceptors (Lipinski definition) is 5. The number of halogens is 1. The Morgan fingerprint density at radius 2 is 2.33 bits per heavy atom. The van der Waals surface area contributed by atoms with Gasteiger partial charge in [0.1, 0.15) is 5.15 Å². The van der Waals surface area contributed by atoms with Crippen molar-refractivity contribution < 1.29 is 5.11 Å². The van der Waals surface area contributed by atoms with Crippen molar-refractivity contribution in [1.82, 2.24) is 9.88 Å². The van der Waals surface area contributed by atoms with Crippen molar-refractivity contribution in [3.63, 3.8) is 0 Å². The molecule has 0 aliphatic carbocycles. The first-order valence-corrected chi connectivity index (χ1v) is 5.87. The molecule has 0 bridgehead atoms. The molecule has 4 nitrogen and oxygen atoms in total. The summed E-state index contributed by atoms with van der Waals surface area (Å²) in [5.41, 5.74) is -0.776. The molecule has 1 unspecified atom stereocenters. The van der Waals surface area contributed by atoms with Gasteiger partial charge < -0.3 is 15.3 Å². The highest BCUT2D eigenvalue weighted by Crippen LogP contribution is 2.19. The van der Waals surface area contributed by atoms with Gasteiger partial charge in [0.25, 0.3) is 0 Å². The highest BCUT2D eigenvalue weighted by Gasteiger charge is 2.21. The van der Waals surface area contributed by atoms with Crippen LogP contribution < -0.4 is 5.32 Å². The number of likely N-dealkylation sites (N-methyl/N-ethyl adjacent to an activating group) is 1. The van der Waals surface area contributed by atoms with Crippen molar-refractivity contribution in [3.8, 4) is 0 Å². The maximum Gasteiger partial charge on any atom is 0.184 e. The number of aromatic nitrogens is 1. The zero-order valence-electron chi connectivity index (χ0n) is 9.12. The second-order valence-electron chi connectivity index (χ2n) is 4.06. The van der Waals surface area contributed by atoms with Crippen LogP contribution in [0.4, 0.5) is 5.13 Å². The van der Waals surface area contributed by atoms with Gasteiger partial charge in [-0.15, -0.1) is 11.3 Å². The molecule has 0 radical (unpaired) electrons. The summed E-state index contributed by atoms with van der Waals surface area (Å²) in [6.07, 6.45) is 0. The predicted molar refractivity (Wildman–Crippen MR) is 64.8 cm³/mol. The molecule has 0 aliphatic rings. The Labute approximate surface area is 98.9 Å². The summed E-state index contributed by atoms with van der Waals surface area (Å²) in [4.78, 5) is 5.98. The molecule has 0 aliphatic heterocycles. The van der Waals surface area contributed by atoms with Crippen LogP contribution in [0.2, 0.25) is 5.15 Å².